The molecule has 1 fully saturated rings. The van der Waals surface area contributed by atoms with E-state index in [0.717, 1.165) is 4.68 Å². The molecular formula is C11H16N2O7. The van der Waals surface area contributed by atoms with Gasteiger partial charge in [-0.15, -0.1) is 5.10 Å². The molecule has 1 aromatic rings. The van der Waals surface area contributed by atoms with Crippen LogP contribution in [0.5, 0.6) is 11.6 Å². The van der Waals surface area contributed by atoms with Crippen LogP contribution in [0.3, 0.4) is 0 Å². The number of ether oxygens (including phenoxy) is 3. The van der Waals surface area contributed by atoms with Crippen molar-refractivity contribution in [2.45, 2.75) is 24.5 Å². The first-order chi connectivity index (χ1) is 9.53. The van der Waals surface area contributed by atoms with Crippen molar-refractivity contribution in [1.82, 2.24) is 9.78 Å². The van der Waals surface area contributed by atoms with E-state index in [2.05, 4.69) is 5.10 Å². The summed E-state index contributed by atoms with van der Waals surface area (Å²) in [7, 11) is 2.66. The number of nitrogens with zero attached hydrogens (tertiary/aromatic N) is 2. The lowest BCUT2D eigenvalue weighted by Crippen LogP contribution is -2.36. The molecule has 9 nitrogen and oxygen atoms in total. The lowest BCUT2D eigenvalue weighted by atomic mass is 10.1. The summed E-state index contributed by atoms with van der Waals surface area (Å²) in [4.78, 5) is 12.1. The first-order valence-corrected chi connectivity index (χ1v) is 5.87. The van der Waals surface area contributed by atoms with Crippen LogP contribution in [0.25, 0.3) is 0 Å². The van der Waals surface area contributed by atoms with E-state index in [9.17, 15) is 15.0 Å². The zero-order chi connectivity index (χ0) is 14.9. The van der Waals surface area contributed by atoms with Crippen LogP contribution in [0.2, 0.25) is 0 Å². The Balaban J connectivity index is 2.45. The number of aromatic nitrogens is 2. The zero-order valence-corrected chi connectivity index (χ0v) is 11.0. The molecule has 0 unspecified atom stereocenters. The number of rotatable bonds is 4. The summed E-state index contributed by atoms with van der Waals surface area (Å²) in [5.74, 6) is 0.0359. The average Bonchev–Trinajstić information content (AvgIpc) is 2.75. The SMILES string of the molecule is COc1cc(OC)c(=O)n([C@@H]2O[C@H](CO)[C@@H](O)[C@H]2O)n1. The van der Waals surface area contributed by atoms with Gasteiger partial charge in [-0.2, -0.15) is 4.68 Å². The summed E-state index contributed by atoms with van der Waals surface area (Å²) in [5.41, 5.74) is -0.650. The fourth-order valence-corrected chi connectivity index (χ4v) is 1.97. The van der Waals surface area contributed by atoms with Gasteiger partial charge in [-0.25, -0.2) is 0 Å². The Morgan fingerprint density at radius 1 is 1.35 bits per heavy atom. The molecule has 0 radical (unpaired) electrons. The van der Waals surface area contributed by atoms with Gasteiger partial charge in [-0.3, -0.25) is 4.79 Å². The number of hydrogen-bond donors (Lipinski definition) is 3. The van der Waals surface area contributed by atoms with Crippen LogP contribution in [-0.4, -0.2) is 64.2 Å². The van der Waals surface area contributed by atoms with E-state index in [1.165, 1.54) is 20.3 Å². The predicted molar refractivity (Wildman–Crippen MR) is 64.6 cm³/mol. The number of methoxy groups -OCH3 is 2. The molecule has 1 aromatic heterocycles. The molecule has 1 aliphatic heterocycles. The van der Waals surface area contributed by atoms with Crippen LogP contribution in [0, 0.1) is 0 Å². The molecule has 4 atom stereocenters. The first kappa shape index (κ1) is 14.7. The lowest BCUT2D eigenvalue weighted by molar-refractivity contribution is -0.0618. The summed E-state index contributed by atoms with van der Waals surface area (Å²) < 4.78 is 15.9. The molecule has 0 spiro atoms. The third-order valence-electron chi connectivity index (χ3n) is 3.07. The summed E-state index contributed by atoms with van der Waals surface area (Å²) >= 11 is 0. The highest BCUT2D eigenvalue weighted by molar-refractivity contribution is 5.23. The lowest BCUT2D eigenvalue weighted by Gasteiger charge is -2.17. The molecule has 9 heteroatoms. The zero-order valence-electron chi connectivity index (χ0n) is 11.0. The molecule has 0 amide bonds. The van der Waals surface area contributed by atoms with Gasteiger partial charge in [0.15, 0.2) is 12.0 Å². The molecular weight excluding hydrogens is 272 g/mol. The Labute approximate surface area is 113 Å². The summed E-state index contributed by atoms with van der Waals surface area (Å²) in [5, 5.41) is 32.5. The van der Waals surface area contributed by atoms with Crippen LogP contribution in [0.4, 0.5) is 0 Å². The average molecular weight is 288 g/mol. The van der Waals surface area contributed by atoms with Crippen LogP contribution in [0.1, 0.15) is 6.23 Å². The Kier molecular flexibility index (Phi) is 4.23. The van der Waals surface area contributed by atoms with E-state index in [1.54, 1.807) is 0 Å². The molecule has 3 N–H and O–H groups in total. The Morgan fingerprint density at radius 3 is 2.55 bits per heavy atom. The molecule has 2 rings (SSSR count). The highest BCUT2D eigenvalue weighted by Gasteiger charge is 2.44. The van der Waals surface area contributed by atoms with E-state index in [0.29, 0.717) is 0 Å². The van der Waals surface area contributed by atoms with Crippen molar-refractivity contribution >= 4 is 0 Å². The van der Waals surface area contributed by atoms with Gasteiger partial charge in [0.05, 0.1) is 20.8 Å². The highest BCUT2D eigenvalue weighted by atomic mass is 16.6. The standard InChI is InChI=1S/C11H16N2O7/c1-18-5-3-7(19-2)12-13(10(5)17)11-9(16)8(15)6(4-14)20-11/h3,6,8-9,11,14-16H,4H2,1-2H3/t6-,8-,9-,11-/m1/s1. The normalized spacial score (nSPS) is 29.4. The third kappa shape index (κ3) is 2.36. The van der Waals surface area contributed by atoms with E-state index >= 15 is 0 Å². The van der Waals surface area contributed by atoms with Crippen LogP contribution < -0.4 is 15.0 Å². The monoisotopic (exact) mass is 288 g/mol. The molecule has 0 bridgehead atoms. The first-order valence-electron chi connectivity index (χ1n) is 5.87. The Hall–Kier alpha value is -1.68. The van der Waals surface area contributed by atoms with Gasteiger partial charge >= 0.3 is 5.56 Å². The molecule has 20 heavy (non-hydrogen) atoms. The minimum Gasteiger partial charge on any atom is -0.491 e. The van der Waals surface area contributed by atoms with Crippen LogP contribution in [0.15, 0.2) is 10.9 Å². The highest BCUT2D eigenvalue weighted by Crippen LogP contribution is 2.28. The van der Waals surface area contributed by atoms with E-state index in [1.807, 2.05) is 0 Å². The quantitative estimate of drug-likeness (QED) is 0.574. The fourth-order valence-electron chi connectivity index (χ4n) is 1.97. The van der Waals surface area contributed by atoms with Crippen molar-refractivity contribution in [1.29, 1.82) is 0 Å². The molecule has 0 saturated carbocycles. The summed E-state index contributed by atoms with van der Waals surface area (Å²) in [6, 6.07) is 1.29. The molecule has 112 valence electrons. The maximum Gasteiger partial charge on any atom is 0.311 e. The number of aliphatic hydroxyl groups excluding tert-OH is 3. The van der Waals surface area contributed by atoms with Crippen molar-refractivity contribution in [3.05, 3.63) is 16.4 Å². The van der Waals surface area contributed by atoms with Crippen molar-refractivity contribution in [3.8, 4) is 11.6 Å². The molecule has 2 heterocycles. The molecule has 0 aromatic carbocycles. The minimum absolute atomic E-state index is 0.0467. The topological polar surface area (TPSA) is 123 Å². The maximum absolute atomic E-state index is 12.1. The predicted octanol–water partition coefficient (Wildman–Crippen LogP) is -2.13. The second-order valence-electron chi connectivity index (χ2n) is 4.23. The molecule has 1 saturated heterocycles. The second-order valence-corrected chi connectivity index (χ2v) is 4.23. The van der Waals surface area contributed by atoms with Crippen molar-refractivity contribution in [3.63, 3.8) is 0 Å². The summed E-state index contributed by atoms with van der Waals surface area (Å²) in [6.07, 6.45) is -4.97. The smallest absolute Gasteiger partial charge is 0.311 e. The van der Waals surface area contributed by atoms with Crippen LogP contribution >= 0.6 is 0 Å². The van der Waals surface area contributed by atoms with Crippen molar-refractivity contribution in [2.24, 2.45) is 0 Å². The Morgan fingerprint density at radius 2 is 2.05 bits per heavy atom. The third-order valence-corrected chi connectivity index (χ3v) is 3.07. The van der Waals surface area contributed by atoms with Gasteiger partial charge in [0.2, 0.25) is 5.88 Å². The number of hydrogen-bond acceptors (Lipinski definition) is 8. The molecule has 1 aliphatic rings. The largest absolute Gasteiger partial charge is 0.491 e. The maximum atomic E-state index is 12.1. The van der Waals surface area contributed by atoms with Gasteiger partial charge in [0.25, 0.3) is 0 Å². The summed E-state index contributed by atoms with van der Waals surface area (Å²) in [6.45, 7) is -0.495. The van der Waals surface area contributed by atoms with E-state index in [4.69, 9.17) is 19.3 Å². The van der Waals surface area contributed by atoms with Crippen molar-refractivity contribution < 1.29 is 29.5 Å². The number of aliphatic hydroxyl groups is 3. The van der Waals surface area contributed by atoms with Gasteiger partial charge in [0.1, 0.15) is 18.3 Å². The molecule has 0 aliphatic carbocycles. The Bertz CT molecular complexity index is 532. The van der Waals surface area contributed by atoms with Gasteiger partial charge in [-0.1, -0.05) is 0 Å². The van der Waals surface area contributed by atoms with E-state index < -0.39 is 36.7 Å². The second kappa shape index (κ2) is 5.75. The van der Waals surface area contributed by atoms with E-state index in [-0.39, 0.29) is 11.6 Å². The minimum atomic E-state index is -1.41. The van der Waals surface area contributed by atoms with Crippen LogP contribution in [-0.2, 0) is 4.74 Å². The van der Waals surface area contributed by atoms with Gasteiger partial charge in [0, 0.05) is 6.07 Å². The van der Waals surface area contributed by atoms with Gasteiger partial charge < -0.3 is 29.5 Å². The van der Waals surface area contributed by atoms with Gasteiger partial charge in [-0.05, 0) is 0 Å². The van der Waals surface area contributed by atoms with Crippen molar-refractivity contribution in [2.75, 3.05) is 20.8 Å². The fraction of sp³-hybridized carbons (Fsp3) is 0.636.